The summed E-state index contributed by atoms with van der Waals surface area (Å²) in [5.41, 5.74) is 3.04. The fourth-order valence-electron chi connectivity index (χ4n) is 1.73. The Bertz CT molecular complexity index is 590. The van der Waals surface area contributed by atoms with Crippen LogP contribution < -0.4 is 4.43 Å². The highest BCUT2D eigenvalue weighted by atomic mass is 28.3. The predicted molar refractivity (Wildman–Crippen MR) is 81.1 cm³/mol. The summed E-state index contributed by atoms with van der Waals surface area (Å²) < 4.78 is 7.68. The first kappa shape index (κ1) is 13.5. The summed E-state index contributed by atoms with van der Waals surface area (Å²) in [6.45, 7) is 6.36. The zero-order valence-corrected chi connectivity index (χ0v) is 12.9. The molecule has 0 aliphatic carbocycles. The van der Waals surface area contributed by atoms with Crippen molar-refractivity contribution in [3.8, 4) is 5.75 Å². The molecular formula is C14H19N3OSi. The number of nitrogens with zero attached hydrogens (tertiary/aromatic N) is 3. The van der Waals surface area contributed by atoms with Gasteiger partial charge in [-0.15, -0.1) is 0 Å². The molecule has 2 rings (SSSR count). The van der Waals surface area contributed by atoms with Crippen LogP contribution in [0.1, 0.15) is 11.1 Å². The summed E-state index contributed by atoms with van der Waals surface area (Å²) in [5.74, 6) is 0.877. The normalized spacial score (nSPS) is 11.4. The van der Waals surface area contributed by atoms with Gasteiger partial charge in [-0.1, -0.05) is 6.07 Å². The highest BCUT2D eigenvalue weighted by Crippen LogP contribution is 2.29. The van der Waals surface area contributed by atoms with Crippen LogP contribution in [0.4, 0.5) is 5.69 Å². The van der Waals surface area contributed by atoms with Gasteiger partial charge >= 0.3 is 0 Å². The third-order valence-electron chi connectivity index (χ3n) is 2.56. The van der Waals surface area contributed by atoms with Gasteiger partial charge in [0.15, 0.2) is 0 Å². The van der Waals surface area contributed by atoms with Crippen molar-refractivity contribution in [2.24, 2.45) is 12.0 Å². The van der Waals surface area contributed by atoms with Gasteiger partial charge in [-0.05, 0) is 37.7 Å². The molecule has 0 unspecified atom stereocenters. The molecule has 5 heteroatoms. The first-order valence-electron chi connectivity index (χ1n) is 6.34. The van der Waals surface area contributed by atoms with Gasteiger partial charge in [0.1, 0.15) is 11.4 Å². The van der Waals surface area contributed by atoms with E-state index in [-0.39, 0.29) is 0 Å². The van der Waals surface area contributed by atoms with Crippen LogP contribution in [-0.4, -0.2) is 25.0 Å². The lowest BCUT2D eigenvalue weighted by atomic mass is 10.2. The van der Waals surface area contributed by atoms with Crippen LogP contribution in [0.3, 0.4) is 0 Å². The average molecular weight is 273 g/mol. The molecule has 0 atom stereocenters. The average Bonchev–Trinajstić information content (AvgIpc) is 2.73. The Morgan fingerprint density at radius 1 is 1.37 bits per heavy atom. The molecule has 4 nitrogen and oxygen atoms in total. The summed E-state index contributed by atoms with van der Waals surface area (Å²) in [5, 5.41) is 4.11. The van der Waals surface area contributed by atoms with Crippen LogP contribution in [0.25, 0.3) is 0 Å². The van der Waals surface area contributed by atoms with E-state index >= 15 is 0 Å². The van der Waals surface area contributed by atoms with Gasteiger partial charge in [0.2, 0.25) is 9.04 Å². The smallest absolute Gasteiger partial charge is 0.229 e. The van der Waals surface area contributed by atoms with E-state index in [1.807, 2.05) is 37.7 Å². The van der Waals surface area contributed by atoms with Crippen LogP contribution in [-0.2, 0) is 7.05 Å². The van der Waals surface area contributed by atoms with E-state index < -0.39 is 9.04 Å². The molecule has 0 spiro atoms. The zero-order valence-electron chi connectivity index (χ0n) is 11.8. The number of aryl methyl sites for hydroxylation is 2. The molecule has 19 heavy (non-hydrogen) atoms. The van der Waals surface area contributed by atoms with Gasteiger partial charge in [-0.25, -0.2) is 0 Å². The number of hydrogen-bond donors (Lipinski definition) is 0. The van der Waals surface area contributed by atoms with Crippen LogP contribution >= 0.6 is 0 Å². The number of benzene rings is 1. The maximum atomic E-state index is 5.92. The van der Waals surface area contributed by atoms with Crippen LogP contribution in [0, 0.1) is 6.92 Å². The SMILES string of the molecule is Cc1ccc(N=Cc2cnn(C)c2)c(O[SiH](C)C)c1. The second-order valence-electron chi connectivity index (χ2n) is 4.84. The Labute approximate surface area is 115 Å². The Morgan fingerprint density at radius 2 is 2.16 bits per heavy atom. The van der Waals surface area contributed by atoms with E-state index in [4.69, 9.17) is 4.43 Å². The summed E-state index contributed by atoms with van der Waals surface area (Å²) in [6, 6.07) is 6.09. The highest BCUT2D eigenvalue weighted by molar-refractivity contribution is 6.49. The van der Waals surface area contributed by atoms with Crippen LogP contribution in [0.5, 0.6) is 5.75 Å². The van der Waals surface area contributed by atoms with Crippen molar-refractivity contribution in [3.63, 3.8) is 0 Å². The minimum Gasteiger partial charge on any atom is -0.546 e. The van der Waals surface area contributed by atoms with E-state index in [2.05, 4.69) is 30.1 Å². The molecule has 2 aromatic rings. The Hall–Kier alpha value is -1.88. The lowest BCUT2D eigenvalue weighted by Crippen LogP contribution is -2.11. The molecule has 1 aromatic heterocycles. The second kappa shape index (κ2) is 5.84. The number of rotatable bonds is 4. The maximum Gasteiger partial charge on any atom is 0.229 e. The Kier molecular flexibility index (Phi) is 4.16. The van der Waals surface area contributed by atoms with Gasteiger partial charge in [0.25, 0.3) is 0 Å². The van der Waals surface area contributed by atoms with E-state index in [1.54, 1.807) is 10.9 Å². The van der Waals surface area contributed by atoms with E-state index in [0.29, 0.717) is 0 Å². The molecule has 0 N–H and O–H groups in total. The maximum absolute atomic E-state index is 5.92. The van der Waals surface area contributed by atoms with Crippen molar-refractivity contribution in [2.75, 3.05) is 0 Å². The first-order valence-corrected chi connectivity index (χ1v) is 9.12. The second-order valence-corrected chi connectivity index (χ2v) is 7.18. The molecule has 0 fully saturated rings. The number of aliphatic imine (C=N–C) groups is 1. The zero-order chi connectivity index (χ0) is 13.8. The molecular weight excluding hydrogens is 254 g/mol. The Morgan fingerprint density at radius 3 is 2.79 bits per heavy atom. The molecule has 0 radical (unpaired) electrons. The standard InChI is InChI=1S/C14H19N3OSi/c1-11-5-6-13(14(7-11)18-19(3)4)15-8-12-9-16-17(2)10-12/h5-10,19H,1-4H3. The number of hydrogen-bond acceptors (Lipinski definition) is 3. The van der Waals surface area contributed by atoms with Crippen molar-refractivity contribution < 1.29 is 4.43 Å². The molecule has 100 valence electrons. The van der Waals surface area contributed by atoms with Crippen LogP contribution in [0.2, 0.25) is 13.1 Å². The van der Waals surface area contributed by atoms with Gasteiger partial charge in [-0.3, -0.25) is 9.67 Å². The van der Waals surface area contributed by atoms with Crippen LogP contribution in [0.15, 0.2) is 35.6 Å². The quantitative estimate of drug-likeness (QED) is 0.635. The lowest BCUT2D eigenvalue weighted by molar-refractivity contribution is 0.581. The molecule has 1 aromatic carbocycles. The van der Waals surface area contributed by atoms with Gasteiger partial charge in [0, 0.05) is 25.0 Å². The summed E-state index contributed by atoms with van der Waals surface area (Å²) in [7, 11) is 0.760. The molecule has 0 saturated heterocycles. The fraction of sp³-hybridized carbons (Fsp3) is 0.286. The largest absolute Gasteiger partial charge is 0.546 e. The molecule has 0 bridgehead atoms. The van der Waals surface area contributed by atoms with Crippen molar-refractivity contribution in [3.05, 3.63) is 41.7 Å². The molecule has 0 aliphatic rings. The first-order chi connectivity index (χ1) is 9.04. The van der Waals surface area contributed by atoms with Gasteiger partial charge < -0.3 is 4.43 Å². The van der Waals surface area contributed by atoms with E-state index in [9.17, 15) is 0 Å². The van der Waals surface area contributed by atoms with E-state index in [0.717, 1.165) is 17.0 Å². The third-order valence-corrected chi connectivity index (χ3v) is 3.28. The molecule has 0 amide bonds. The topological polar surface area (TPSA) is 39.4 Å². The molecule has 0 saturated carbocycles. The van der Waals surface area contributed by atoms with Crippen molar-refractivity contribution in [2.45, 2.75) is 20.0 Å². The molecule has 1 heterocycles. The minimum absolute atomic E-state index is 0.871. The summed E-state index contributed by atoms with van der Waals surface area (Å²) >= 11 is 0. The van der Waals surface area contributed by atoms with Gasteiger partial charge in [-0.2, -0.15) is 5.10 Å². The van der Waals surface area contributed by atoms with E-state index in [1.165, 1.54) is 5.56 Å². The van der Waals surface area contributed by atoms with Gasteiger partial charge in [0.05, 0.1) is 6.20 Å². The monoisotopic (exact) mass is 273 g/mol. The summed E-state index contributed by atoms with van der Waals surface area (Å²) in [4.78, 5) is 4.50. The molecule has 0 aliphatic heterocycles. The highest BCUT2D eigenvalue weighted by Gasteiger charge is 2.05. The van der Waals surface area contributed by atoms with Crippen molar-refractivity contribution >= 4 is 20.9 Å². The van der Waals surface area contributed by atoms with Crippen molar-refractivity contribution in [1.29, 1.82) is 0 Å². The number of aromatic nitrogens is 2. The minimum atomic E-state index is -1.13. The summed E-state index contributed by atoms with van der Waals surface area (Å²) in [6.07, 6.45) is 5.53. The third kappa shape index (κ3) is 3.79. The van der Waals surface area contributed by atoms with Crippen molar-refractivity contribution in [1.82, 2.24) is 9.78 Å². The Balaban J connectivity index is 2.26. The predicted octanol–water partition coefficient (Wildman–Crippen LogP) is 2.84. The lowest BCUT2D eigenvalue weighted by Gasteiger charge is -2.12. The fourth-order valence-corrected chi connectivity index (χ4v) is 2.42.